The van der Waals surface area contributed by atoms with Crippen molar-refractivity contribution >= 4 is 17.6 Å². The van der Waals surface area contributed by atoms with Crippen molar-refractivity contribution in [3.8, 4) is 11.5 Å². The van der Waals surface area contributed by atoms with E-state index >= 15 is 0 Å². The van der Waals surface area contributed by atoms with Crippen LogP contribution < -0.4 is 15.2 Å². The molecule has 0 aliphatic carbocycles. The van der Waals surface area contributed by atoms with Crippen LogP contribution >= 0.6 is 0 Å². The van der Waals surface area contributed by atoms with Gasteiger partial charge in [0.25, 0.3) is 5.91 Å². The Balaban J connectivity index is 1.18. The minimum atomic E-state index is -0.329. The number of amides is 1. The summed E-state index contributed by atoms with van der Waals surface area (Å²) in [6.45, 7) is 6.14. The number of nitrogens with two attached hydrogens (primary N) is 1. The SMILES string of the molecule is CCOc1cc2c(cc1OC)C(c1ccc(C(=O)N=C(N)N3CCC(Cc4ccccc4)CC3)cc1)=NC1CCN(C)CC21. The Hall–Kier alpha value is -4.17. The van der Waals surface area contributed by atoms with Gasteiger partial charge in [0, 0.05) is 42.2 Å². The first-order valence-corrected chi connectivity index (χ1v) is 15.8. The largest absolute Gasteiger partial charge is 0.493 e. The third-order valence-corrected chi connectivity index (χ3v) is 9.29. The number of likely N-dealkylation sites (N-methyl/N-ethyl adjacent to an activating group) is 1. The number of nitrogens with zero attached hydrogens (tertiary/aromatic N) is 4. The molecule has 0 radical (unpaired) electrons. The Labute approximate surface area is 260 Å². The van der Waals surface area contributed by atoms with Gasteiger partial charge in [-0.1, -0.05) is 42.5 Å². The van der Waals surface area contributed by atoms with Gasteiger partial charge in [-0.25, -0.2) is 0 Å². The average Bonchev–Trinajstić information content (AvgIpc) is 3.05. The van der Waals surface area contributed by atoms with E-state index in [0.29, 0.717) is 35.7 Å². The number of piperidine rings is 2. The van der Waals surface area contributed by atoms with E-state index in [1.54, 1.807) is 7.11 Å². The monoisotopic (exact) mass is 593 g/mol. The molecule has 230 valence electrons. The van der Waals surface area contributed by atoms with Crippen LogP contribution in [0, 0.1) is 5.92 Å². The molecule has 0 spiro atoms. The van der Waals surface area contributed by atoms with Gasteiger partial charge in [0.1, 0.15) is 0 Å². The fraction of sp³-hybridized carbons (Fsp3) is 0.417. The van der Waals surface area contributed by atoms with Crippen LogP contribution in [0.15, 0.2) is 76.7 Å². The molecule has 0 bridgehead atoms. The number of methoxy groups -OCH3 is 1. The molecule has 3 aromatic carbocycles. The minimum Gasteiger partial charge on any atom is -0.493 e. The van der Waals surface area contributed by atoms with Gasteiger partial charge in [-0.3, -0.25) is 9.79 Å². The third-order valence-electron chi connectivity index (χ3n) is 9.29. The number of carbonyl (C=O) groups is 1. The molecule has 44 heavy (non-hydrogen) atoms. The molecule has 3 heterocycles. The average molecular weight is 594 g/mol. The van der Waals surface area contributed by atoms with Gasteiger partial charge < -0.3 is 25.0 Å². The molecule has 3 aliphatic heterocycles. The summed E-state index contributed by atoms with van der Waals surface area (Å²) >= 11 is 0. The molecule has 0 aromatic heterocycles. The molecule has 3 aliphatic rings. The van der Waals surface area contributed by atoms with Crippen molar-refractivity contribution in [3.05, 3.63) is 94.5 Å². The van der Waals surface area contributed by atoms with Gasteiger partial charge in [-0.15, -0.1) is 0 Å². The molecule has 0 saturated carbocycles. The lowest BCUT2D eigenvalue weighted by atomic mass is 9.79. The highest BCUT2D eigenvalue weighted by molar-refractivity contribution is 6.15. The molecular formula is C36H43N5O3. The first-order chi connectivity index (χ1) is 21.4. The lowest BCUT2D eigenvalue weighted by Gasteiger charge is -2.39. The maximum Gasteiger partial charge on any atom is 0.280 e. The molecule has 2 unspecified atom stereocenters. The van der Waals surface area contributed by atoms with Crippen LogP contribution in [0.3, 0.4) is 0 Å². The van der Waals surface area contributed by atoms with Crippen molar-refractivity contribution in [1.82, 2.24) is 9.80 Å². The standard InChI is InChI=1S/C36H43N5O3/c1-4-44-33-21-28-29(22-32(33)43-3)34(38-31-16-17-40(2)23-30(28)31)26-10-12-27(13-11-26)35(42)39-36(37)41-18-14-25(15-19-41)20-24-8-6-5-7-9-24/h5-13,21-22,25,30-31H,4,14-20,23H2,1-3H3,(H2,37,39,42). The number of rotatable bonds is 7. The number of carbonyl (C=O) groups excluding carboxylic acids is 1. The smallest absolute Gasteiger partial charge is 0.280 e. The number of hydrogen-bond acceptors (Lipinski definition) is 5. The highest BCUT2D eigenvalue weighted by atomic mass is 16.5. The Kier molecular flexibility index (Phi) is 8.98. The summed E-state index contributed by atoms with van der Waals surface area (Å²) < 4.78 is 11.7. The zero-order chi connectivity index (χ0) is 30.6. The molecule has 2 fully saturated rings. The third kappa shape index (κ3) is 6.36. The van der Waals surface area contributed by atoms with Crippen molar-refractivity contribution in [1.29, 1.82) is 0 Å². The van der Waals surface area contributed by atoms with E-state index in [-0.39, 0.29) is 11.9 Å². The number of aliphatic imine (C=N–C) groups is 2. The van der Waals surface area contributed by atoms with E-state index in [9.17, 15) is 4.79 Å². The molecule has 8 heteroatoms. The normalized spacial score (nSPS) is 20.8. The van der Waals surface area contributed by atoms with E-state index in [0.717, 1.165) is 74.5 Å². The maximum absolute atomic E-state index is 13.1. The highest BCUT2D eigenvalue weighted by Crippen LogP contribution is 2.42. The van der Waals surface area contributed by atoms with Crippen molar-refractivity contribution in [3.63, 3.8) is 0 Å². The summed E-state index contributed by atoms with van der Waals surface area (Å²) in [5, 5.41) is 0. The molecule has 2 saturated heterocycles. The highest BCUT2D eigenvalue weighted by Gasteiger charge is 2.36. The molecule has 8 nitrogen and oxygen atoms in total. The van der Waals surface area contributed by atoms with Gasteiger partial charge in [0.2, 0.25) is 0 Å². The van der Waals surface area contributed by atoms with Crippen LogP contribution in [0.1, 0.15) is 64.7 Å². The lowest BCUT2D eigenvalue weighted by molar-refractivity contribution is 0.100. The van der Waals surface area contributed by atoms with Crippen LogP contribution in [0.25, 0.3) is 0 Å². The van der Waals surface area contributed by atoms with Gasteiger partial charge in [-0.05, 0) is 87.5 Å². The summed E-state index contributed by atoms with van der Waals surface area (Å²) in [5.41, 5.74) is 12.4. The zero-order valence-corrected chi connectivity index (χ0v) is 26.0. The van der Waals surface area contributed by atoms with E-state index in [2.05, 4.69) is 59.4 Å². The van der Waals surface area contributed by atoms with Crippen LogP contribution in [-0.2, 0) is 6.42 Å². The van der Waals surface area contributed by atoms with Gasteiger partial charge in [0.05, 0.1) is 25.5 Å². The Bertz CT molecular complexity index is 1530. The second-order valence-electron chi connectivity index (χ2n) is 12.2. The van der Waals surface area contributed by atoms with Crippen LogP contribution in [0.4, 0.5) is 0 Å². The second-order valence-corrected chi connectivity index (χ2v) is 12.2. The van der Waals surface area contributed by atoms with Crippen LogP contribution in [0.5, 0.6) is 11.5 Å². The summed E-state index contributed by atoms with van der Waals surface area (Å²) in [4.78, 5) is 27.1. The summed E-state index contributed by atoms with van der Waals surface area (Å²) in [6, 6.07) is 22.6. The van der Waals surface area contributed by atoms with E-state index in [4.69, 9.17) is 20.2 Å². The second kappa shape index (κ2) is 13.2. The minimum absolute atomic E-state index is 0.194. The lowest BCUT2D eigenvalue weighted by Crippen LogP contribution is -2.43. The fourth-order valence-electron chi connectivity index (χ4n) is 6.87. The first kappa shape index (κ1) is 29.9. The summed E-state index contributed by atoms with van der Waals surface area (Å²) in [6.07, 6.45) is 4.14. The van der Waals surface area contributed by atoms with Crippen LogP contribution in [-0.4, -0.2) is 80.4 Å². The topological polar surface area (TPSA) is 92.7 Å². The Morgan fingerprint density at radius 3 is 2.45 bits per heavy atom. The first-order valence-electron chi connectivity index (χ1n) is 15.8. The summed E-state index contributed by atoms with van der Waals surface area (Å²) in [7, 11) is 3.84. The Morgan fingerprint density at radius 1 is 1.00 bits per heavy atom. The molecule has 2 atom stereocenters. The number of guanidine groups is 1. The zero-order valence-electron chi connectivity index (χ0n) is 26.0. The predicted molar refractivity (Wildman–Crippen MR) is 175 cm³/mol. The Morgan fingerprint density at radius 2 is 1.75 bits per heavy atom. The van der Waals surface area contributed by atoms with E-state index in [1.807, 2.05) is 36.1 Å². The molecule has 1 amide bonds. The number of hydrogen-bond donors (Lipinski definition) is 1. The number of ether oxygens (including phenoxy) is 2. The van der Waals surface area contributed by atoms with Gasteiger partial charge in [-0.2, -0.15) is 4.99 Å². The molecule has 2 N–H and O–H groups in total. The maximum atomic E-state index is 13.1. The predicted octanol–water partition coefficient (Wildman–Crippen LogP) is 5.14. The van der Waals surface area contributed by atoms with Gasteiger partial charge in [0.15, 0.2) is 17.5 Å². The molecule has 6 rings (SSSR count). The number of benzene rings is 3. The fourth-order valence-corrected chi connectivity index (χ4v) is 6.87. The van der Waals surface area contributed by atoms with Crippen molar-refractivity contribution < 1.29 is 14.3 Å². The van der Waals surface area contributed by atoms with E-state index in [1.165, 1.54) is 11.1 Å². The molecular weight excluding hydrogens is 550 g/mol. The van der Waals surface area contributed by atoms with Crippen LogP contribution in [0.2, 0.25) is 0 Å². The molecule has 3 aromatic rings. The van der Waals surface area contributed by atoms with Crippen molar-refractivity contribution in [2.75, 3.05) is 46.9 Å². The van der Waals surface area contributed by atoms with Crippen molar-refractivity contribution in [2.45, 2.75) is 44.6 Å². The summed E-state index contributed by atoms with van der Waals surface area (Å²) in [5.74, 6) is 2.34. The number of fused-ring (bicyclic) bond motifs is 3. The van der Waals surface area contributed by atoms with E-state index < -0.39 is 0 Å². The quantitative estimate of drug-likeness (QED) is 0.301. The van der Waals surface area contributed by atoms with Gasteiger partial charge >= 0.3 is 0 Å². The van der Waals surface area contributed by atoms with Crippen molar-refractivity contribution in [2.24, 2.45) is 21.6 Å². The number of likely N-dealkylation sites (tertiary alicyclic amines) is 2.